The Morgan fingerprint density at radius 3 is 3.00 bits per heavy atom. The summed E-state index contributed by atoms with van der Waals surface area (Å²) in [7, 11) is 0. The van der Waals surface area contributed by atoms with Crippen LogP contribution in [0, 0.1) is 0 Å². The van der Waals surface area contributed by atoms with Gasteiger partial charge in [0.2, 0.25) is 0 Å². The zero-order chi connectivity index (χ0) is 6.97. The molecule has 2 heteroatoms. The molecule has 1 unspecified atom stereocenters. The van der Waals surface area contributed by atoms with Crippen LogP contribution in [0.1, 0.15) is 11.6 Å². The molecule has 0 saturated carbocycles. The molecule has 1 aliphatic rings. The quantitative estimate of drug-likeness (QED) is 0.571. The molecule has 10 heavy (non-hydrogen) atoms. The van der Waals surface area contributed by atoms with E-state index in [1.807, 2.05) is 24.3 Å². The van der Waals surface area contributed by atoms with E-state index in [2.05, 4.69) is 5.32 Å². The maximum Gasteiger partial charge on any atom is 0.0655 e. The highest BCUT2D eigenvalue weighted by Gasteiger charge is 2.16. The fraction of sp³-hybridized carbons (Fsp3) is 0.250. The molecule has 2 rings (SSSR count). The van der Waals surface area contributed by atoms with Crippen LogP contribution in [0.25, 0.3) is 0 Å². The van der Waals surface area contributed by atoms with E-state index in [-0.39, 0.29) is 6.04 Å². The number of rotatable bonds is 0. The van der Waals surface area contributed by atoms with Crippen molar-refractivity contribution in [1.29, 1.82) is 0 Å². The highest BCUT2D eigenvalue weighted by atomic mass is 15.0. The molecule has 1 radical (unpaired) electrons. The summed E-state index contributed by atoms with van der Waals surface area (Å²) >= 11 is 0. The standard InChI is InChI=1S/C8H9N2/c9-7-5-10-8-4-2-1-3-6(7)8/h1-4,7,9-10H,5H2. The average molecular weight is 133 g/mol. The molecule has 0 aromatic heterocycles. The van der Waals surface area contributed by atoms with E-state index in [1.54, 1.807) is 0 Å². The molecular weight excluding hydrogens is 124 g/mol. The molecule has 0 amide bonds. The molecule has 1 heterocycles. The van der Waals surface area contributed by atoms with Crippen LogP contribution >= 0.6 is 0 Å². The Labute approximate surface area is 60.0 Å². The first-order valence-electron chi connectivity index (χ1n) is 3.42. The normalized spacial score (nSPS) is 21.9. The Bertz CT molecular complexity index is 245. The Kier molecular flexibility index (Phi) is 1.14. The summed E-state index contributed by atoms with van der Waals surface area (Å²) in [4.78, 5) is 0. The molecule has 1 aliphatic heterocycles. The number of para-hydroxylation sites is 1. The predicted octanol–water partition coefficient (Wildman–Crippen LogP) is 1.44. The van der Waals surface area contributed by atoms with Crippen molar-refractivity contribution in [3.05, 3.63) is 29.8 Å². The van der Waals surface area contributed by atoms with Gasteiger partial charge in [-0.3, -0.25) is 0 Å². The Hall–Kier alpha value is -1.02. The summed E-state index contributed by atoms with van der Waals surface area (Å²) < 4.78 is 0. The SMILES string of the molecule is [NH]C1CNc2ccccc21. The predicted molar refractivity (Wildman–Crippen MR) is 40.8 cm³/mol. The smallest absolute Gasteiger partial charge is 0.0655 e. The van der Waals surface area contributed by atoms with Gasteiger partial charge < -0.3 is 5.32 Å². The molecule has 0 bridgehead atoms. The molecule has 0 spiro atoms. The minimum atomic E-state index is -0.0591. The van der Waals surface area contributed by atoms with Crippen molar-refractivity contribution in [1.82, 2.24) is 5.73 Å². The van der Waals surface area contributed by atoms with Crippen LogP contribution in [0.15, 0.2) is 24.3 Å². The van der Waals surface area contributed by atoms with Gasteiger partial charge in [-0.05, 0) is 11.6 Å². The zero-order valence-electron chi connectivity index (χ0n) is 5.59. The molecule has 1 atom stereocenters. The lowest BCUT2D eigenvalue weighted by Gasteiger charge is -1.98. The lowest BCUT2D eigenvalue weighted by atomic mass is 10.1. The highest BCUT2D eigenvalue weighted by molar-refractivity contribution is 5.56. The summed E-state index contributed by atoms with van der Waals surface area (Å²) in [6, 6.07) is 7.94. The second-order valence-corrected chi connectivity index (χ2v) is 2.52. The fourth-order valence-corrected chi connectivity index (χ4v) is 1.28. The van der Waals surface area contributed by atoms with Gasteiger partial charge in [-0.2, -0.15) is 0 Å². The number of hydrogen-bond acceptors (Lipinski definition) is 1. The Morgan fingerprint density at radius 2 is 2.20 bits per heavy atom. The van der Waals surface area contributed by atoms with Crippen LogP contribution < -0.4 is 11.1 Å². The van der Waals surface area contributed by atoms with Gasteiger partial charge in [-0.1, -0.05) is 18.2 Å². The van der Waals surface area contributed by atoms with Gasteiger partial charge in [-0.15, -0.1) is 0 Å². The van der Waals surface area contributed by atoms with Crippen molar-refractivity contribution in [3.8, 4) is 0 Å². The number of hydrogen-bond donors (Lipinski definition) is 1. The van der Waals surface area contributed by atoms with Gasteiger partial charge in [0, 0.05) is 12.2 Å². The minimum absolute atomic E-state index is 0.0591. The van der Waals surface area contributed by atoms with Crippen LogP contribution in [0.2, 0.25) is 0 Å². The van der Waals surface area contributed by atoms with Crippen LogP contribution in [-0.4, -0.2) is 6.54 Å². The first kappa shape index (κ1) is 5.74. The van der Waals surface area contributed by atoms with Crippen LogP contribution in [0.4, 0.5) is 5.69 Å². The van der Waals surface area contributed by atoms with Crippen molar-refractivity contribution < 1.29 is 0 Å². The lowest BCUT2D eigenvalue weighted by molar-refractivity contribution is 0.779. The molecule has 0 saturated heterocycles. The summed E-state index contributed by atoms with van der Waals surface area (Å²) in [5.74, 6) is 0. The summed E-state index contributed by atoms with van der Waals surface area (Å²) in [5.41, 5.74) is 9.81. The third-order valence-corrected chi connectivity index (χ3v) is 1.83. The maximum absolute atomic E-state index is 7.55. The molecule has 2 N–H and O–H groups in total. The van der Waals surface area contributed by atoms with Crippen molar-refractivity contribution in [2.45, 2.75) is 6.04 Å². The van der Waals surface area contributed by atoms with E-state index in [1.165, 1.54) is 0 Å². The monoisotopic (exact) mass is 133 g/mol. The van der Waals surface area contributed by atoms with Gasteiger partial charge in [-0.25, -0.2) is 5.73 Å². The summed E-state index contributed by atoms with van der Waals surface area (Å²) in [6.07, 6.45) is 0. The number of anilines is 1. The maximum atomic E-state index is 7.55. The highest BCUT2D eigenvalue weighted by Crippen LogP contribution is 2.27. The second kappa shape index (κ2) is 1.99. The molecule has 0 aliphatic carbocycles. The van der Waals surface area contributed by atoms with Gasteiger partial charge in [0.25, 0.3) is 0 Å². The first-order chi connectivity index (χ1) is 4.88. The van der Waals surface area contributed by atoms with Crippen LogP contribution in [0.3, 0.4) is 0 Å². The van der Waals surface area contributed by atoms with Gasteiger partial charge in [0.05, 0.1) is 6.04 Å². The van der Waals surface area contributed by atoms with Crippen molar-refractivity contribution in [3.63, 3.8) is 0 Å². The minimum Gasteiger partial charge on any atom is -0.383 e. The number of fused-ring (bicyclic) bond motifs is 1. The fourth-order valence-electron chi connectivity index (χ4n) is 1.28. The topological polar surface area (TPSA) is 35.8 Å². The zero-order valence-corrected chi connectivity index (χ0v) is 5.59. The molecule has 51 valence electrons. The number of nitrogens with one attached hydrogen (secondary N) is 2. The van der Waals surface area contributed by atoms with Crippen molar-refractivity contribution in [2.75, 3.05) is 11.9 Å². The number of benzene rings is 1. The lowest BCUT2D eigenvalue weighted by Crippen LogP contribution is -2.01. The van der Waals surface area contributed by atoms with Gasteiger partial charge >= 0.3 is 0 Å². The van der Waals surface area contributed by atoms with E-state index < -0.39 is 0 Å². The molecule has 1 aromatic carbocycles. The van der Waals surface area contributed by atoms with Gasteiger partial charge in [0.1, 0.15) is 0 Å². The third-order valence-electron chi connectivity index (χ3n) is 1.83. The van der Waals surface area contributed by atoms with Crippen molar-refractivity contribution in [2.24, 2.45) is 0 Å². The van der Waals surface area contributed by atoms with Crippen LogP contribution in [0.5, 0.6) is 0 Å². The van der Waals surface area contributed by atoms with Crippen LogP contribution in [-0.2, 0) is 0 Å². The molecule has 2 nitrogen and oxygen atoms in total. The Balaban J connectivity index is 2.51. The van der Waals surface area contributed by atoms with E-state index in [9.17, 15) is 0 Å². The van der Waals surface area contributed by atoms with E-state index in [4.69, 9.17) is 5.73 Å². The van der Waals surface area contributed by atoms with E-state index >= 15 is 0 Å². The summed E-state index contributed by atoms with van der Waals surface area (Å²) in [6.45, 7) is 0.763. The average Bonchev–Trinajstić information content (AvgIpc) is 2.34. The first-order valence-corrected chi connectivity index (χ1v) is 3.42. The van der Waals surface area contributed by atoms with Gasteiger partial charge in [0.15, 0.2) is 0 Å². The Morgan fingerprint density at radius 1 is 1.40 bits per heavy atom. The van der Waals surface area contributed by atoms with E-state index in [0.29, 0.717) is 0 Å². The molecule has 0 fully saturated rings. The van der Waals surface area contributed by atoms with E-state index in [0.717, 1.165) is 17.8 Å². The summed E-state index contributed by atoms with van der Waals surface area (Å²) in [5, 5.41) is 3.16. The molecule has 1 aromatic rings. The largest absolute Gasteiger partial charge is 0.383 e. The molecular formula is C8H9N2. The van der Waals surface area contributed by atoms with Crippen molar-refractivity contribution >= 4 is 5.69 Å². The second-order valence-electron chi connectivity index (χ2n) is 2.52. The third kappa shape index (κ3) is 0.693.